The number of benzene rings is 1. The average molecular weight is 433 g/mol. The van der Waals surface area contributed by atoms with E-state index in [1.807, 2.05) is 43.3 Å². The molecular formula is C24H28N6O2. The first kappa shape index (κ1) is 21.7. The van der Waals surface area contributed by atoms with Crippen molar-refractivity contribution in [3.05, 3.63) is 71.6 Å². The number of para-hydroxylation sites is 1. The lowest BCUT2D eigenvalue weighted by Crippen LogP contribution is -2.51. The van der Waals surface area contributed by atoms with Crippen LogP contribution in [-0.2, 0) is 11.2 Å². The molecule has 3 heterocycles. The summed E-state index contributed by atoms with van der Waals surface area (Å²) >= 11 is 0. The van der Waals surface area contributed by atoms with Gasteiger partial charge in [-0.15, -0.1) is 5.10 Å². The molecular weight excluding hydrogens is 404 g/mol. The average Bonchev–Trinajstić information content (AvgIpc) is 3.20. The smallest absolute Gasteiger partial charge is 0.293 e. The van der Waals surface area contributed by atoms with Crippen LogP contribution in [-0.4, -0.2) is 67.5 Å². The molecule has 1 aliphatic heterocycles. The first-order chi connectivity index (χ1) is 15.4. The van der Waals surface area contributed by atoms with Gasteiger partial charge in [0.1, 0.15) is 5.82 Å². The second-order valence-electron chi connectivity index (χ2n) is 8.28. The van der Waals surface area contributed by atoms with Gasteiger partial charge in [-0.2, -0.15) is 0 Å². The van der Waals surface area contributed by atoms with Crippen LogP contribution in [0.2, 0.25) is 0 Å². The van der Waals surface area contributed by atoms with E-state index in [9.17, 15) is 9.59 Å². The molecule has 0 aliphatic carbocycles. The Hall–Kier alpha value is -3.55. The number of rotatable bonds is 5. The summed E-state index contributed by atoms with van der Waals surface area (Å²) in [6, 6.07) is 13.6. The highest BCUT2D eigenvalue weighted by molar-refractivity contribution is 5.90. The number of carbonyl (C=O) groups excluding carboxylic acids is 2. The normalized spacial score (nSPS) is 14.1. The van der Waals surface area contributed by atoms with Crippen molar-refractivity contribution in [2.45, 2.75) is 33.1 Å². The van der Waals surface area contributed by atoms with Gasteiger partial charge in [0.2, 0.25) is 11.7 Å². The van der Waals surface area contributed by atoms with E-state index in [4.69, 9.17) is 0 Å². The monoisotopic (exact) mass is 432 g/mol. The lowest BCUT2D eigenvalue weighted by Gasteiger charge is -2.34. The van der Waals surface area contributed by atoms with Crippen molar-refractivity contribution in [2.24, 2.45) is 0 Å². The van der Waals surface area contributed by atoms with E-state index in [1.54, 1.807) is 20.7 Å². The number of aromatic nitrogens is 4. The van der Waals surface area contributed by atoms with Crippen molar-refractivity contribution >= 4 is 11.8 Å². The largest absolute Gasteiger partial charge is 0.339 e. The van der Waals surface area contributed by atoms with Gasteiger partial charge >= 0.3 is 0 Å². The molecule has 1 saturated heterocycles. The molecule has 8 nitrogen and oxygen atoms in total. The third kappa shape index (κ3) is 4.54. The highest BCUT2D eigenvalue weighted by Crippen LogP contribution is 2.23. The van der Waals surface area contributed by atoms with Crippen molar-refractivity contribution in [1.29, 1.82) is 0 Å². The lowest BCUT2D eigenvalue weighted by atomic mass is 10.0. The van der Waals surface area contributed by atoms with Gasteiger partial charge in [-0.25, -0.2) is 9.67 Å². The highest BCUT2D eigenvalue weighted by atomic mass is 16.2. The van der Waals surface area contributed by atoms with Gasteiger partial charge in [0.05, 0.1) is 12.1 Å². The summed E-state index contributed by atoms with van der Waals surface area (Å²) in [6.07, 6.45) is 1.96. The summed E-state index contributed by atoms with van der Waals surface area (Å²) in [6.45, 7) is 8.03. The van der Waals surface area contributed by atoms with Gasteiger partial charge < -0.3 is 9.80 Å². The number of hydrogen-bond donors (Lipinski definition) is 0. The zero-order valence-corrected chi connectivity index (χ0v) is 18.7. The van der Waals surface area contributed by atoms with E-state index in [0.717, 1.165) is 16.9 Å². The molecule has 0 N–H and O–H groups in total. The molecule has 4 rings (SSSR count). The number of aryl methyl sites for hydroxylation is 1. The molecule has 32 heavy (non-hydrogen) atoms. The number of carbonyl (C=O) groups is 2. The minimum Gasteiger partial charge on any atom is -0.339 e. The fourth-order valence-corrected chi connectivity index (χ4v) is 3.95. The number of amides is 2. The molecule has 0 unspecified atom stereocenters. The maximum absolute atomic E-state index is 13.1. The Labute approximate surface area is 187 Å². The molecule has 0 spiro atoms. The van der Waals surface area contributed by atoms with Crippen LogP contribution in [0.1, 0.15) is 47.5 Å². The van der Waals surface area contributed by atoms with Gasteiger partial charge in [-0.05, 0) is 36.6 Å². The van der Waals surface area contributed by atoms with Gasteiger partial charge in [0, 0.05) is 38.1 Å². The third-order valence-electron chi connectivity index (χ3n) is 5.73. The van der Waals surface area contributed by atoms with Crippen molar-refractivity contribution in [3.8, 4) is 5.69 Å². The molecule has 2 aromatic heterocycles. The molecule has 0 atom stereocenters. The Morgan fingerprint density at radius 2 is 1.66 bits per heavy atom. The van der Waals surface area contributed by atoms with Crippen LogP contribution in [0.15, 0.2) is 48.7 Å². The van der Waals surface area contributed by atoms with Gasteiger partial charge in [0.15, 0.2) is 0 Å². The molecule has 0 radical (unpaired) electrons. The predicted molar refractivity (Wildman–Crippen MR) is 121 cm³/mol. The zero-order chi connectivity index (χ0) is 22.7. The molecule has 1 aliphatic rings. The van der Waals surface area contributed by atoms with Gasteiger partial charge in [-0.1, -0.05) is 38.1 Å². The second kappa shape index (κ2) is 9.30. The van der Waals surface area contributed by atoms with E-state index in [-0.39, 0.29) is 24.1 Å². The summed E-state index contributed by atoms with van der Waals surface area (Å²) in [5.41, 5.74) is 2.85. The summed E-state index contributed by atoms with van der Waals surface area (Å²) in [7, 11) is 0. The quantitative estimate of drug-likeness (QED) is 0.619. The summed E-state index contributed by atoms with van der Waals surface area (Å²) in [4.78, 5) is 37.8. The van der Waals surface area contributed by atoms with Crippen LogP contribution in [0, 0.1) is 6.92 Å². The van der Waals surface area contributed by atoms with E-state index in [2.05, 4.69) is 35.0 Å². The Balaban J connectivity index is 1.42. The summed E-state index contributed by atoms with van der Waals surface area (Å²) < 4.78 is 1.75. The van der Waals surface area contributed by atoms with E-state index in [1.165, 1.54) is 0 Å². The van der Waals surface area contributed by atoms with Crippen LogP contribution in [0.25, 0.3) is 5.69 Å². The topological polar surface area (TPSA) is 84.2 Å². The van der Waals surface area contributed by atoms with Crippen LogP contribution in [0.4, 0.5) is 0 Å². The molecule has 2 amide bonds. The van der Waals surface area contributed by atoms with Gasteiger partial charge in [0.25, 0.3) is 5.91 Å². The highest BCUT2D eigenvalue weighted by Gasteiger charge is 2.28. The first-order valence-electron chi connectivity index (χ1n) is 10.9. The maximum Gasteiger partial charge on any atom is 0.293 e. The number of nitrogens with zero attached hydrogens (tertiary/aromatic N) is 6. The van der Waals surface area contributed by atoms with E-state index < -0.39 is 0 Å². The fraction of sp³-hybridized carbons (Fsp3) is 0.375. The Morgan fingerprint density at radius 3 is 2.34 bits per heavy atom. The Bertz CT molecular complexity index is 1100. The first-order valence-corrected chi connectivity index (χ1v) is 10.9. The third-order valence-corrected chi connectivity index (χ3v) is 5.73. The van der Waals surface area contributed by atoms with Crippen LogP contribution >= 0.6 is 0 Å². The number of pyridine rings is 1. The van der Waals surface area contributed by atoms with Crippen molar-refractivity contribution < 1.29 is 9.59 Å². The number of piperazine rings is 1. The fourth-order valence-electron chi connectivity index (χ4n) is 3.95. The minimum absolute atomic E-state index is 0.0272. The molecule has 1 aromatic carbocycles. The zero-order valence-electron chi connectivity index (χ0n) is 18.7. The minimum atomic E-state index is -0.203. The Kier molecular flexibility index (Phi) is 6.30. The van der Waals surface area contributed by atoms with E-state index >= 15 is 0 Å². The molecule has 1 fully saturated rings. The summed E-state index contributed by atoms with van der Waals surface area (Å²) in [5, 5.41) is 4.53. The maximum atomic E-state index is 13.1. The van der Waals surface area contributed by atoms with Crippen molar-refractivity contribution in [1.82, 2.24) is 29.5 Å². The standard InChI is InChI=1S/C24H28N6O2/c1-17(2)20-9-4-5-10-21(20)30-18(3)26-23(27-30)24(32)29-14-12-28(13-15-29)22(31)16-19-8-6-7-11-25-19/h4-11,17H,12-16H2,1-3H3. The molecule has 3 aromatic rings. The van der Waals surface area contributed by atoms with E-state index in [0.29, 0.717) is 37.9 Å². The van der Waals surface area contributed by atoms with Crippen LogP contribution < -0.4 is 0 Å². The van der Waals surface area contributed by atoms with Crippen LogP contribution in [0.5, 0.6) is 0 Å². The lowest BCUT2D eigenvalue weighted by molar-refractivity contribution is -0.132. The predicted octanol–water partition coefficient (Wildman–Crippen LogP) is 2.62. The molecule has 166 valence electrons. The molecule has 0 saturated carbocycles. The number of hydrogen-bond acceptors (Lipinski definition) is 5. The Morgan fingerprint density at radius 1 is 0.969 bits per heavy atom. The summed E-state index contributed by atoms with van der Waals surface area (Å²) in [5.74, 6) is 1.01. The van der Waals surface area contributed by atoms with Crippen molar-refractivity contribution in [3.63, 3.8) is 0 Å². The van der Waals surface area contributed by atoms with Crippen molar-refractivity contribution in [2.75, 3.05) is 26.2 Å². The SMILES string of the molecule is Cc1nc(C(=O)N2CCN(C(=O)Cc3ccccn3)CC2)nn1-c1ccccc1C(C)C. The molecule has 8 heteroatoms. The second-order valence-corrected chi connectivity index (χ2v) is 8.28. The van der Waals surface area contributed by atoms with Gasteiger partial charge in [-0.3, -0.25) is 14.6 Å². The van der Waals surface area contributed by atoms with Crippen LogP contribution in [0.3, 0.4) is 0 Å². The molecule has 0 bridgehead atoms.